The second kappa shape index (κ2) is 3.93. The van der Waals surface area contributed by atoms with Gasteiger partial charge in [0.2, 0.25) is 0 Å². The van der Waals surface area contributed by atoms with Gasteiger partial charge in [-0.2, -0.15) is 0 Å². The minimum atomic E-state index is 0.0379. The van der Waals surface area contributed by atoms with Gasteiger partial charge in [0, 0.05) is 18.3 Å². The molecule has 0 bridgehead atoms. The molecule has 0 radical (unpaired) electrons. The maximum atomic E-state index is 8.87. The Kier molecular flexibility index (Phi) is 2.86. The van der Waals surface area contributed by atoms with Crippen LogP contribution in [0.3, 0.4) is 0 Å². The van der Waals surface area contributed by atoms with E-state index < -0.39 is 0 Å². The molecular weight excluding hydrogens is 140 g/mol. The summed E-state index contributed by atoms with van der Waals surface area (Å²) in [4.78, 5) is 4.07. The highest BCUT2D eigenvalue weighted by Crippen LogP contribution is 2.09. The van der Waals surface area contributed by atoms with Gasteiger partial charge in [0.1, 0.15) is 5.82 Å². The van der Waals surface area contributed by atoms with Gasteiger partial charge in [0.25, 0.3) is 0 Å². The predicted molar refractivity (Wildman–Crippen MR) is 44.3 cm³/mol. The zero-order valence-corrected chi connectivity index (χ0v) is 6.54. The number of aliphatic hydroxyl groups is 1. The zero-order valence-electron chi connectivity index (χ0n) is 6.54. The summed E-state index contributed by atoms with van der Waals surface area (Å²) >= 11 is 0. The molecule has 1 rings (SSSR count). The second-order valence-corrected chi connectivity index (χ2v) is 2.20. The van der Waals surface area contributed by atoms with E-state index in [1.165, 1.54) is 0 Å². The van der Waals surface area contributed by atoms with Crippen molar-refractivity contribution in [3.63, 3.8) is 0 Å². The number of rotatable bonds is 3. The lowest BCUT2D eigenvalue weighted by molar-refractivity contribution is 0.282. The molecule has 0 saturated heterocycles. The van der Waals surface area contributed by atoms with Crippen LogP contribution in [0.25, 0.3) is 0 Å². The molecule has 0 aliphatic carbocycles. The molecule has 60 valence electrons. The van der Waals surface area contributed by atoms with Gasteiger partial charge in [0.15, 0.2) is 0 Å². The molecule has 2 N–H and O–H groups in total. The Labute approximate surface area is 66.1 Å². The van der Waals surface area contributed by atoms with Gasteiger partial charge in [0.05, 0.1) is 6.61 Å². The van der Waals surface area contributed by atoms with Crippen LogP contribution in [-0.2, 0) is 6.61 Å². The summed E-state index contributed by atoms with van der Waals surface area (Å²) < 4.78 is 0. The number of nitrogens with zero attached hydrogens (tertiary/aromatic N) is 1. The Balaban J connectivity index is 2.83. The first-order valence-corrected chi connectivity index (χ1v) is 3.67. The molecule has 1 aromatic heterocycles. The van der Waals surface area contributed by atoms with Crippen LogP contribution in [-0.4, -0.2) is 16.6 Å². The van der Waals surface area contributed by atoms with Crippen LogP contribution < -0.4 is 5.32 Å². The third-order valence-electron chi connectivity index (χ3n) is 1.41. The Morgan fingerprint density at radius 3 is 3.09 bits per heavy atom. The van der Waals surface area contributed by atoms with Crippen molar-refractivity contribution in [3.8, 4) is 0 Å². The molecule has 3 heteroatoms. The fraction of sp³-hybridized carbons (Fsp3) is 0.375. The molecule has 0 unspecified atom stereocenters. The fourth-order valence-electron chi connectivity index (χ4n) is 0.893. The highest BCUT2D eigenvalue weighted by Gasteiger charge is 1.97. The zero-order chi connectivity index (χ0) is 8.10. The van der Waals surface area contributed by atoms with Crippen LogP contribution in [0.2, 0.25) is 0 Å². The second-order valence-electron chi connectivity index (χ2n) is 2.20. The van der Waals surface area contributed by atoms with Gasteiger partial charge >= 0.3 is 0 Å². The molecule has 0 aromatic carbocycles. The first-order valence-electron chi connectivity index (χ1n) is 3.67. The van der Waals surface area contributed by atoms with Gasteiger partial charge in [-0.1, -0.05) is 6.07 Å². The summed E-state index contributed by atoms with van der Waals surface area (Å²) in [6, 6.07) is 3.66. The van der Waals surface area contributed by atoms with Gasteiger partial charge in [-0.15, -0.1) is 0 Å². The number of hydrogen-bond donors (Lipinski definition) is 2. The van der Waals surface area contributed by atoms with E-state index in [-0.39, 0.29) is 6.61 Å². The first kappa shape index (κ1) is 8.01. The van der Waals surface area contributed by atoms with E-state index in [4.69, 9.17) is 5.11 Å². The van der Waals surface area contributed by atoms with Crippen molar-refractivity contribution in [1.82, 2.24) is 4.98 Å². The van der Waals surface area contributed by atoms with Crippen molar-refractivity contribution >= 4 is 5.82 Å². The van der Waals surface area contributed by atoms with E-state index in [9.17, 15) is 0 Å². The number of nitrogens with one attached hydrogen (secondary N) is 1. The molecule has 0 atom stereocenters. The van der Waals surface area contributed by atoms with Crippen molar-refractivity contribution in [3.05, 3.63) is 23.9 Å². The molecule has 0 saturated carbocycles. The summed E-state index contributed by atoms with van der Waals surface area (Å²) in [5.74, 6) is 0.775. The largest absolute Gasteiger partial charge is 0.392 e. The molecule has 1 heterocycles. The molecule has 11 heavy (non-hydrogen) atoms. The first-order chi connectivity index (χ1) is 5.38. The quantitative estimate of drug-likeness (QED) is 0.679. The lowest BCUT2D eigenvalue weighted by Crippen LogP contribution is -2.02. The molecule has 0 amide bonds. The molecule has 0 aliphatic heterocycles. The van der Waals surface area contributed by atoms with Crippen molar-refractivity contribution in [2.75, 3.05) is 11.9 Å². The minimum absolute atomic E-state index is 0.0379. The normalized spacial score (nSPS) is 9.64. The summed E-state index contributed by atoms with van der Waals surface area (Å²) in [5.41, 5.74) is 0.842. The predicted octanol–water partition coefficient (Wildman–Crippen LogP) is 1.01. The maximum Gasteiger partial charge on any atom is 0.131 e. The monoisotopic (exact) mass is 152 g/mol. The molecule has 0 aliphatic rings. The highest BCUT2D eigenvalue weighted by molar-refractivity contribution is 5.42. The van der Waals surface area contributed by atoms with Crippen LogP contribution in [0.15, 0.2) is 18.3 Å². The van der Waals surface area contributed by atoms with E-state index in [0.29, 0.717) is 0 Å². The van der Waals surface area contributed by atoms with Gasteiger partial charge in [-0.3, -0.25) is 0 Å². The standard InChI is InChI=1S/C8H12N2O/c1-2-9-8-7(6-11)4-3-5-10-8/h3-5,11H,2,6H2,1H3,(H,9,10). The van der Waals surface area contributed by atoms with Crippen molar-refractivity contribution in [2.45, 2.75) is 13.5 Å². The molecule has 1 aromatic rings. The Hall–Kier alpha value is -1.09. The molecular formula is C8H12N2O. The molecule has 0 fully saturated rings. The Morgan fingerprint density at radius 1 is 1.64 bits per heavy atom. The number of hydrogen-bond acceptors (Lipinski definition) is 3. The highest BCUT2D eigenvalue weighted by atomic mass is 16.3. The van der Waals surface area contributed by atoms with Gasteiger partial charge < -0.3 is 10.4 Å². The summed E-state index contributed by atoms with van der Waals surface area (Å²) in [6.45, 7) is 2.86. The van der Waals surface area contributed by atoms with E-state index in [0.717, 1.165) is 17.9 Å². The van der Waals surface area contributed by atoms with Crippen LogP contribution in [0.4, 0.5) is 5.82 Å². The Morgan fingerprint density at radius 2 is 2.45 bits per heavy atom. The van der Waals surface area contributed by atoms with Gasteiger partial charge in [-0.05, 0) is 13.0 Å². The van der Waals surface area contributed by atoms with Crippen LogP contribution in [0.5, 0.6) is 0 Å². The van der Waals surface area contributed by atoms with E-state index in [1.54, 1.807) is 6.20 Å². The lowest BCUT2D eigenvalue weighted by Gasteiger charge is -2.05. The summed E-state index contributed by atoms with van der Waals surface area (Å²) in [6.07, 6.45) is 1.71. The summed E-state index contributed by atoms with van der Waals surface area (Å²) in [5, 5.41) is 11.9. The van der Waals surface area contributed by atoms with Crippen molar-refractivity contribution in [2.24, 2.45) is 0 Å². The third kappa shape index (κ3) is 1.91. The van der Waals surface area contributed by atoms with Crippen LogP contribution in [0.1, 0.15) is 12.5 Å². The topological polar surface area (TPSA) is 45.2 Å². The SMILES string of the molecule is CCNc1ncccc1CO. The molecule has 0 spiro atoms. The number of aromatic nitrogens is 1. The number of anilines is 1. The van der Waals surface area contributed by atoms with Crippen LogP contribution in [0, 0.1) is 0 Å². The minimum Gasteiger partial charge on any atom is -0.392 e. The summed E-state index contributed by atoms with van der Waals surface area (Å²) in [7, 11) is 0. The van der Waals surface area contributed by atoms with E-state index in [1.807, 2.05) is 19.1 Å². The Bertz CT molecular complexity index is 225. The van der Waals surface area contributed by atoms with Gasteiger partial charge in [-0.25, -0.2) is 4.98 Å². The number of aliphatic hydroxyl groups excluding tert-OH is 1. The lowest BCUT2D eigenvalue weighted by atomic mass is 10.3. The maximum absolute atomic E-state index is 8.87. The third-order valence-corrected chi connectivity index (χ3v) is 1.41. The van der Waals surface area contributed by atoms with E-state index >= 15 is 0 Å². The van der Waals surface area contributed by atoms with Crippen molar-refractivity contribution in [1.29, 1.82) is 0 Å². The van der Waals surface area contributed by atoms with E-state index in [2.05, 4.69) is 10.3 Å². The average molecular weight is 152 g/mol. The fourth-order valence-corrected chi connectivity index (χ4v) is 0.893. The molecule has 3 nitrogen and oxygen atoms in total. The number of pyridine rings is 1. The van der Waals surface area contributed by atoms with Crippen LogP contribution >= 0.6 is 0 Å². The van der Waals surface area contributed by atoms with Crippen molar-refractivity contribution < 1.29 is 5.11 Å². The smallest absolute Gasteiger partial charge is 0.131 e. The average Bonchev–Trinajstić information content (AvgIpc) is 2.06.